The quantitative estimate of drug-likeness (QED) is 0.452. The number of rotatable bonds is 9. The van der Waals surface area contributed by atoms with E-state index < -0.39 is 6.04 Å². The van der Waals surface area contributed by atoms with Crippen molar-refractivity contribution >= 4 is 29.3 Å². The predicted octanol–water partition coefficient (Wildman–Crippen LogP) is 5.61. The number of esters is 1. The Bertz CT molecular complexity index is 492. The van der Waals surface area contributed by atoms with E-state index in [2.05, 4.69) is 10.7 Å². The Morgan fingerprint density at radius 2 is 2.00 bits per heavy atom. The summed E-state index contributed by atoms with van der Waals surface area (Å²) in [4.78, 5) is 12.3. The van der Waals surface area contributed by atoms with Gasteiger partial charge >= 0.3 is 5.97 Å². The van der Waals surface area contributed by atoms with Crippen LogP contribution in [0.15, 0.2) is 35.7 Å². The lowest BCUT2D eigenvalue weighted by atomic mass is 10.1. The van der Waals surface area contributed by atoms with E-state index in [-0.39, 0.29) is 12.1 Å². The SMILES string of the molecule is C/C=C\SCCCNC(C(=O)OC(C)C)c1ccccc1Cl.CC. The summed E-state index contributed by atoms with van der Waals surface area (Å²) in [7, 11) is 0. The van der Waals surface area contributed by atoms with E-state index in [9.17, 15) is 4.79 Å². The fourth-order valence-corrected chi connectivity index (χ4v) is 2.78. The molecule has 0 saturated carbocycles. The molecule has 5 heteroatoms. The molecule has 1 atom stereocenters. The lowest BCUT2D eigenvalue weighted by Crippen LogP contribution is -2.32. The molecule has 0 spiro atoms. The molecular weight excluding hydrogens is 342 g/mol. The molecule has 24 heavy (non-hydrogen) atoms. The van der Waals surface area contributed by atoms with Crippen molar-refractivity contribution in [2.75, 3.05) is 12.3 Å². The largest absolute Gasteiger partial charge is 0.462 e. The third kappa shape index (κ3) is 9.36. The van der Waals surface area contributed by atoms with Crippen LogP contribution in [0.25, 0.3) is 0 Å². The first-order valence-electron chi connectivity index (χ1n) is 8.47. The minimum atomic E-state index is -0.525. The molecular formula is C19H30ClNO2S. The van der Waals surface area contributed by atoms with Crippen molar-refractivity contribution in [1.29, 1.82) is 0 Å². The van der Waals surface area contributed by atoms with Gasteiger partial charge < -0.3 is 10.1 Å². The highest BCUT2D eigenvalue weighted by atomic mass is 35.5. The van der Waals surface area contributed by atoms with Gasteiger partial charge in [-0.25, -0.2) is 4.79 Å². The first-order valence-corrected chi connectivity index (χ1v) is 9.90. The van der Waals surface area contributed by atoms with Crippen molar-refractivity contribution in [3.05, 3.63) is 46.3 Å². The second-order valence-electron chi connectivity index (χ2n) is 5.09. The molecule has 0 fully saturated rings. The lowest BCUT2D eigenvalue weighted by molar-refractivity contribution is -0.150. The van der Waals surface area contributed by atoms with Crippen LogP contribution >= 0.6 is 23.4 Å². The molecule has 0 bridgehead atoms. The van der Waals surface area contributed by atoms with E-state index in [1.165, 1.54) is 0 Å². The van der Waals surface area contributed by atoms with Crippen molar-refractivity contribution in [3.8, 4) is 0 Å². The van der Waals surface area contributed by atoms with Gasteiger partial charge in [-0.3, -0.25) is 0 Å². The number of ether oxygens (including phenoxy) is 1. The van der Waals surface area contributed by atoms with Crippen LogP contribution in [0.5, 0.6) is 0 Å². The Kier molecular flexibility index (Phi) is 13.8. The van der Waals surface area contributed by atoms with E-state index in [4.69, 9.17) is 16.3 Å². The topological polar surface area (TPSA) is 38.3 Å². The zero-order valence-corrected chi connectivity index (χ0v) is 16.9. The maximum Gasteiger partial charge on any atom is 0.328 e. The van der Waals surface area contributed by atoms with Crippen LogP contribution in [0, 0.1) is 0 Å². The molecule has 1 aromatic carbocycles. The molecule has 0 aliphatic rings. The number of thioether (sulfide) groups is 1. The Labute approximate surface area is 156 Å². The lowest BCUT2D eigenvalue weighted by Gasteiger charge is -2.20. The van der Waals surface area contributed by atoms with Gasteiger partial charge in [0.15, 0.2) is 0 Å². The van der Waals surface area contributed by atoms with Crippen LogP contribution in [-0.4, -0.2) is 24.4 Å². The van der Waals surface area contributed by atoms with Crippen molar-refractivity contribution < 1.29 is 9.53 Å². The predicted molar refractivity (Wildman–Crippen MR) is 107 cm³/mol. The second-order valence-corrected chi connectivity index (χ2v) is 6.51. The van der Waals surface area contributed by atoms with Gasteiger partial charge in [0, 0.05) is 5.02 Å². The number of benzene rings is 1. The van der Waals surface area contributed by atoms with Crippen LogP contribution in [0.2, 0.25) is 5.02 Å². The summed E-state index contributed by atoms with van der Waals surface area (Å²) in [6, 6.07) is 6.85. The standard InChI is InChI=1S/C17H24ClNO2S.C2H6/c1-4-11-22-12-7-10-19-16(17(20)21-13(2)3)14-8-5-6-9-15(14)18;1-2/h4-6,8-9,11,13,16,19H,7,10,12H2,1-3H3;1-2H3/b11-4-;. The van der Waals surface area contributed by atoms with Crippen molar-refractivity contribution in [2.45, 2.75) is 53.2 Å². The van der Waals surface area contributed by atoms with Crippen molar-refractivity contribution in [3.63, 3.8) is 0 Å². The summed E-state index contributed by atoms with van der Waals surface area (Å²) in [5.41, 5.74) is 0.760. The highest BCUT2D eigenvalue weighted by Gasteiger charge is 2.24. The smallest absolute Gasteiger partial charge is 0.328 e. The summed E-state index contributed by atoms with van der Waals surface area (Å²) in [5.74, 6) is 0.718. The van der Waals surface area contributed by atoms with Crippen LogP contribution in [0.3, 0.4) is 0 Å². The zero-order valence-electron chi connectivity index (χ0n) is 15.3. The average molecular weight is 372 g/mol. The van der Waals surface area contributed by atoms with Gasteiger partial charge in [0.1, 0.15) is 6.04 Å². The number of carbonyl (C=O) groups excluding carboxylic acids is 1. The van der Waals surface area contributed by atoms with Crippen molar-refractivity contribution in [1.82, 2.24) is 5.32 Å². The number of hydrogen-bond donors (Lipinski definition) is 1. The molecule has 0 heterocycles. The summed E-state index contributed by atoms with van der Waals surface area (Å²) < 4.78 is 5.34. The maximum absolute atomic E-state index is 12.3. The maximum atomic E-state index is 12.3. The zero-order chi connectivity index (χ0) is 18.4. The Morgan fingerprint density at radius 3 is 2.58 bits per heavy atom. The Hall–Kier alpha value is -0.970. The number of carbonyl (C=O) groups is 1. The van der Waals surface area contributed by atoms with Gasteiger partial charge in [-0.2, -0.15) is 0 Å². The van der Waals surface area contributed by atoms with Crippen LogP contribution in [0.4, 0.5) is 0 Å². The average Bonchev–Trinajstić information content (AvgIpc) is 2.56. The Balaban J connectivity index is 0.00000254. The highest BCUT2D eigenvalue weighted by molar-refractivity contribution is 8.02. The van der Waals surface area contributed by atoms with E-state index in [1.807, 2.05) is 58.9 Å². The van der Waals surface area contributed by atoms with Crippen LogP contribution < -0.4 is 5.32 Å². The van der Waals surface area contributed by atoms with Gasteiger partial charge in [0.2, 0.25) is 0 Å². The number of hydrogen-bond acceptors (Lipinski definition) is 4. The number of halogens is 1. The van der Waals surface area contributed by atoms with Gasteiger partial charge in [0.25, 0.3) is 0 Å². The van der Waals surface area contributed by atoms with Crippen LogP contribution in [-0.2, 0) is 9.53 Å². The first kappa shape index (κ1) is 23.0. The second kappa shape index (κ2) is 14.4. The van der Waals surface area contributed by atoms with E-state index in [0.29, 0.717) is 5.02 Å². The summed E-state index contributed by atoms with van der Waals surface area (Å²) in [6.45, 7) is 10.4. The van der Waals surface area contributed by atoms with E-state index >= 15 is 0 Å². The Morgan fingerprint density at radius 1 is 1.33 bits per heavy atom. The molecule has 3 nitrogen and oxygen atoms in total. The van der Waals surface area contributed by atoms with Gasteiger partial charge in [-0.15, -0.1) is 11.8 Å². The molecule has 136 valence electrons. The van der Waals surface area contributed by atoms with Gasteiger partial charge in [-0.1, -0.05) is 49.7 Å². The minimum Gasteiger partial charge on any atom is -0.462 e. The molecule has 0 aliphatic carbocycles. The molecule has 1 rings (SSSR count). The first-order chi connectivity index (χ1) is 11.6. The number of nitrogens with one attached hydrogen (secondary N) is 1. The fourth-order valence-electron chi connectivity index (χ4n) is 1.90. The van der Waals surface area contributed by atoms with E-state index in [0.717, 1.165) is 24.3 Å². The summed E-state index contributed by atoms with van der Waals surface area (Å²) in [6.07, 6.45) is 2.83. The normalized spacial score (nSPS) is 12.0. The molecule has 0 saturated heterocycles. The van der Waals surface area contributed by atoms with Gasteiger partial charge in [-0.05, 0) is 56.5 Å². The molecule has 0 aromatic heterocycles. The fraction of sp³-hybridized carbons (Fsp3) is 0.526. The monoisotopic (exact) mass is 371 g/mol. The third-order valence-electron chi connectivity index (χ3n) is 2.82. The molecule has 0 amide bonds. The molecule has 1 N–H and O–H groups in total. The highest BCUT2D eigenvalue weighted by Crippen LogP contribution is 2.24. The summed E-state index contributed by atoms with van der Waals surface area (Å²) in [5, 5.41) is 5.90. The van der Waals surface area contributed by atoms with Crippen molar-refractivity contribution in [2.24, 2.45) is 0 Å². The van der Waals surface area contributed by atoms with Gasteiger partial charge in [0.05, 0.1) is 6.10 Å². The molecule has 0 aliphatic heterocycles. The molecule has 1 aromatic rings. The van der Waals surface area contributed by atoms with E-state index in [1.54, 1.807) is 17.8 Å². The third-order valence-corrected chi connectivity index (χ3v) is 4.16. The molecule has 0 radical (unpaired) electrons. The number of allylic oxidation sites excluding steroid dienone is 1. The van der Waals surface area contributed by atoms with Crippen LogP contribution in [0.1, 0.15) is 52.6 Å². The minimum absolute atomic E-state index is 0.149. The molecule has 1 unspecified atom stereocenters. The summed E-state index contributed by atoms with van der Waals surface area (Å²) >= 11 is 7.98.